The maximum Gasteiger partial charge on any atom is 0.222 e. The Hall–Kier alpha value is -3.13. The van der Waals surface area contributed by atoms with Crippen molar-refractivity contribution >= 4 is 16.8 Å². The van der Waals surface area contributed by atoms with Crippen molar-refractivity contribution in [2.75, 3.05) is 0 Å². The third kappa shape index (κ3) is 3.75. The molecule has 0 unspecified atom stereocenters. The van der Waals surface area contributed by atoms with Gasteiger partial charge in [0, 0.05) is 35.1 Å². The molecule has 0 radical (unpaired) electrons. The van der Waals surface area contributed by atoms with Crippen LogP contribution in [0, 0.1) is 23.1 Å². The summed E-state index contributed by atoms with van der Waals surface area (Å²) in [7, 11) is 0. The van der Waals surface area contributed by atoms with Gasteiger partial charge >= 0.3 is 0 Å². The largest absolute Gasteiger partial charge is 0.353 e. The second-order valence-electron chi connectivity index (χ2n) is 8.09. The van der Waals surface area contributed by atoms with Crippen LogP contribution in [0.4, 0.5) is 4.39 Å². The van der Waals surface area contributed by atoms with Crippen LogP contribution in [0.15, 0.2) is 42.5 Å². The molecule has 1 atom stereocenters. The minimum atomic E-state index is -0.240. The number of aromatic nitrogens is 1. The smallest absolute Gasteiger partial charge is 0.222 e. The number of nitriles is 1. The fraction of sp³-hybridized carbons (Fsp3) is 0.333. The first kappa shape index (κ1) is 19.2. The first-order chi connectivity index (χ1) is 14.0. The Kier molecular flexibility index (Phi) is 5.10. The van der Waals surface area contributed by atoms with Crippen molar-refractivity contribution in [3.8, 4) is 6.07 Å². The zero-order chi connectivity index (χ0) is 20.5. The molecule has 1 N–H and O–H groups in total. The molecule has 3 aromatic rings. The van der Waals surface area contributed by atoms with Crippen molar-refractivity contribution in [1.82, 2.24) is 9.88 Å². The van der Waals surface area contributed by atoms with Gasteiger partial charge in [0.25, 0.3) is 0 Å². The number of hydrogen-bond donors (Lipinski definition) is 1. The van der Waals surface area contributed by atoms with Crippen molar-refractivity contribution in [3.63, 3.8) is 0 Å². The summed E-state index contributed by atoms with van der Waals surface area (Å²) in [5.74, 6) is -0.216. The maximum absolute atomic E-state index is 13.7. The highest BCUT2D eigenvalue weighted by Gasteiger charge is 2.27. The Labute approximate surface area is 170 Å². The topological polar surface area (TPSA) is 57.8 Å². The highest BCUT2D eigenvalue weighted by molar-refractivity contribution is 5.87. The standard InChI is InChI=1S/C24H24FN3O/c1-15(2)24(29)27-19-7-9-23-21(12-19)20-11-16(13-26)6-8-22(20)28(23)14-17-4-3-5-18(25)10-17/h3-6,8,10-11,15,19H,7,9,12,14H2,1-2H3,(H,27,29)/t19-/m0/s1. The lowest BCUT2D eigenvalue weighted by Gasteiger charge is -2.26. The Bertz CT molecular complexity index is 1120. The zero-order valence-corrected chi connectivity index (χ0v) is 16.7. The van der Waals surface area contributed by atoms with E-state index >= 15 is 0 Å². The van der Waals surface area contributed by atoms with Gasteiger partial charge in [-0.25, -0.2) is 4.39 Å². The van der Waals surface area contributed by atoms with Crippen LogP contribution in [0.2, 0.25) is 0 Å². The zero-order valence-electron chi connectivity index (χ0n) is 16.7. The summed E-state index contributed by atoms with van der Waals surface area (Å²) < 4.78 is 15.9. The van der Waals surface area contributed by atoms with Crippen LogP contribution in [0.25, 0.3) is 10.9 Å². The summed E-state index contributed by atoms with van der Waals surface area (Å²) >= 11 is 0. The van der Waals surface area contributed by atoms with E-state index in [0.717, 1.165) is 35.7 Å². The third-order valence-electron chi connectivity index (χ3n) is 5.70. The number of halogens is 1. The average molecular weight is 389 g/mol. The highest BCUT2D eigenvalue weighted by Crippen LogP contribution is 2.33. The second-order valence-corrected chi connectivity index (χ2v) is 8.09. The number of fused-ring (bicyclic) bond motifs is 3. The van der Waals surface area contributed by atoms with Crippen molar-refractivity contribution < 1.29 is 9.18 Å². The molecule has 0 bridgehead atoms. The summed E-state index contributed by atoms with van der Waals surface area (Å²) in [4.78, 5) is 12.2. The van der Waals surface area contributed by atoms with Gasteiger partial charge in [-0.1, -0.05) is 26.0 Å². The Balaban J connectivity index is 1.76. The number of rotatable bonds is 4. The molecule has 1 aliphatic rings. The van der Waals surface area contributed by atoms with E-state index in [9.17, 15) is 14.4 Å². The quantitative estimate of drug-likeness (QED) is 0.722. The number of benzene rings is 2. The van der Waals surface area contributed by atoms with Gasteiger partial charge < -0.3 is 9.88 Å². The first-order valence-electron chi connectivity index (χ1n) is 10.0. The van der Waals surface area contributed by atoms with E-state index in [-0.39, 0.29) is 23.7 Å². The molecule has 2 aromatic carbocycles. The summed E-state index contributed by atoms with van der Waals surface area (Å²) in [6.07, 6.45) is 2.45. The summed E-state index contributed by atoms with van der Waals surface area (Å²) in [6.45, 7) is 4.37. The van der Waals surface area contributed by atoms with E-state index in [1.54, 1.807) is 12.1 Å². The lowest BCUT2D eigenvalue weighted by Crippen LogP contribution is -2.41. The average Bonchev–Trinajstić information content (AvgIpc) is 3.00. The molecule has 29 heavy (non-hydrogen) atoms. The van der Waals surface area contributed by atoms with Crippen molar-refractivity contribution in [2.24, 2.45) is 5.92 Å². The molecular weight excluding hydrogens is 365 g/mol. The van der Waals surface area contributed by atoms with E-state index in [1.165, 1.54) is 17.3 Å². The number of nitrogens with one attached hydrogen (secondary N) is 1. The number of hydrogen-bond acceptors (Lipinski definition) is 2. The number of nitrogens with zero attached hydrogens (tertiary/aromatic N) is 2. The van der Waals surface area contributed by atoms with E-state index in [4.69, 9.17) is 0 Å². The molecule has 4 rings (SSSR count). The monoisotopic (exact) mass is 389 g/mol. The van der Waals surface area contributed by atoms with Gasteiger partial charge in [-0.05, 0) is 60.7 Å². The molecule has 0 saturated carbocycles. The molecule has 5 heteroatoms. The molecule has 148 valence electrons. The highest BCUT2D eigenvalue weighted by atomic mass is 19.1. The van der Waals surface area contributed by atoms with Crippen molar-refractivity contribution in [2.45, 2.75) is 45.7 Å². The minimum absolute atomic E-state index is 0.0455. The van der Waals surface area contributed by atoms with Gasteiger partial charge in [-0.3, -0.25) is 4.79 Å². The van der Waals surface area contributed by atoms with Gasteiger partial charge in [0.05, 0.1) is 11.6 Å². The van der Waals surface area contributed by atoms with Crippen LogP contribution in [0.3, 0.4) is 0 Å². The predicted octanol–water partition coefficient (Wildman–Crippen LogP) is 4.33. The Morgan fingerprint density at radius 2 is 2.14 bits per heavy atom. The molecule has 1 heterocycles. The van der Waals surface area contributed by atoms with Crippen LogP contribution < -0.4 is 5.32 Å². The number of carbonyl (C=O) groups is 1. The lowest BCUT2D eigenvalue weighted by atomic mass is 9.90. The predicted molar refractivity (Wildman–Crippen MR) is 111 cm³/mol. The van der Waals surface area contributed by atoms with E-state index < -0.39 is 0 Å². The summed E-state index contributed by atoms with van der Waals surface area (Å²) in [6, 6.07) is 14.7. The van der Waals surface area contributed by atoms with Crippen LogP contribution >= 0.6 is 0 Å². The number of amides is 1. The fourth-order valence-electron chi connectivity index (χ4n) is 4.21. The van der Waals surface area contributed by atoms with E-state index in [0.29, 0.717) is 12.1 Å². The molecule has 4 nitrogen and oxygen atoms in total. The van der Waals surface area contributed by atoms with Crippen LogP contribution in [0.1, 0.15) is 42.7 Å². The van der Waals surface area contributed by atoms with Gasteiger partial charge in [0.1, 0.15) is 5.82 Å². The van der Waals surface area contributed by atoms with Gasteiger partial charge in [0.2, 0.25) is 5.91 Å². The normalized spacial score (nSPS) is 15.9. The minimum Gasteiger partial charge on any atom is -0.353 e. The van der Waals surface area contributed by atoms with E-state index in [1.807, 2.05) is 38.1 Å². The third-order valence-corrected chi connectivity index (χ3v) is 5.70. The summed E-state index contributed by atoms with van der Waals surface area (Å²) in [5, 5.41) is 13.6. The summed E-state index contributed by atoms with van der Waals surface area (Å²) in [5.41, 5.74) is 4.98. The van der Waals surface area contributed by atoms with Crippen LogP contribution in [-0.2, 0) is 24.2 Å². The maximum atomic E-state index is 13.7. The van der Waals surface area contributed by atoms with Crippen LogP contribution in [0.5, 0.6) is 0 Å². The Morgan fingerprint density at radius 3 is 2.86 bits per heavy atom. The molecule has 0 saturated heterocycles. The molecule has 1 aromatic heterocycles. The second kappa shape index (κ2) is 7.71. The van der Waals surface area contributed by atoms with Crippen molar-refractivity contribution in [3.05, 3.63) is 70.7 Å². The molecule has 1 amide bonds. The lowest BCUT2D eigenvalue weighted by molar-refractivity contribution is -0.124. The molecule has 0 spiro atoms. The van der Waals surface area contributed by atoms with Crippen molar-refractivity contribution in [1.29, 1.82) is 5.26 Å². The number of carbonyl (C=O) groups excluding carboxylic acids is 1. The Morgan fingerprint density at radius 1 is 1.31 bits per heavy atom. The van der Waals surface area contributed by atoms with Crippen LogP contribution in [-0.4, -0.2) is 16.5 Å². The van der Waals surface area contributed by atoms with E-state index in [2.05, 4.69) is 16.0 Å². The first-order valence-corrected chi connectivity index (χ1v) is 10.0. The molecule has 1 aliphatic carbocycles. The van der Waals surface area contributed by atoms with Gasteiger partial charge in [-0.2, -0.15) is 5.26 Å². The van der Waals surface area contributed by atoms with Gasteiger partial charge in [0.15, 0.2) is 0 Å². The van der Waals surface area contributed by atoms with Gasteiger partial charge in [-0.15, -0.1) is 0 Å². The molecular formula is C24H24FN3O. The SMILES string of the molecule is CC(C)C(=O)N[C@H]1CCc2c(c3cc(C#N)ccc3n2Cc2cccc(F)c2)C1. The molecule has 0 fully saturated rings. The fourth-order valence-corrected chi connectivity index (χ4v) is 4.21. The molecule has 0 aliphatic heterocycles.